The zero-order chi connectivity index (χ0) is 16.5. The van der Waals surface area contributed by atoms with E-state index >= 15 is 0 Å². The molecule has 1 fully saturated rings. The second-order valence-corrected chi connectivity index (χ2v) is 5.56. The number of hydrogen-bond donors (Lipinski definition) is 0. The Morgan fingerprint density at radius 1 is 1.29 bits per heavy atom. The molecule has 1 saturated heterocycles. The van der Waals surface area contributed by atoms with Gasteiger partial charge in [0.15, 0.2) is 11.3 Å². The van der Waals surface area contributed by atoms with Gasteiger partial charge in [0.1, 0.15) is 17.7 Å². The van der Waals surface area contributed by atoms with E-state index in [1.165, 1.54) is 22.8 Å². The molecule has 7 heteroatoms. The molecule has 1 aromatic carbocycles. The van der Waals surface area contributed by atoms with Crippen molar-refractivity contribution in [2.45, 2.75) is 6.04 Å². The largest absolute Gasteiger partial charge is 0.377 e. The summed E-state index contributed by atoms with van der Waals surface area (Å²) in [7, 11) is 0. The average molecular weight is 323 g/mol. The summed E-state index contributed by atoms with van der Waals surface area (Å²) >= 11 is 0. The second kappa shape index (κ2) is 5.91. The molecule has 24 heavy (non-hydrogen) atoms. The van der Waals surface area contributed by atoms with Crippen molar-refractivity contribution >= 4 is 11.5 Å². The molecule has 3 heterocycles. The molecule has 3 aromatic rings. The fourth-order valence-electron chi connectivity index (χ4n) is 2.96. The van der Waals surface area contributed by atoms with Gasteiger partial charge in [0, 0.05) is 6.54 Å². The molecule has 4 rings (SSSR count). The Labute approximate surface area is 137 Å². The van der Waals surface area contributed by atoms with Gasteiger partial charge < -0.3 is 9.64 Å². The third-order valence-corrected chi connectivity index (χ3v) is 4.12. The van der Waals surface area contributed by atoms with Crippen molar-refractivity contribution in [3.63, 3.8) is 0 Å². The van der Waals surface area contributed by atoms with Gasteiger partial charge in [-0.05, 0) is 29.8 Å². The average Bonchev–Trinajstić information content (AvgIpc) is 3.04. The SMILES string of the molecule is N#Cc1cnc2ccc(N3CCOCC3c3cccc(F)c3)nn12. The lowest BCUT2D eigenvalue weighted by Gasteiger charge is -2.36. The maximum Gasteiger partial charge on any atom is 0.162 e. The van der Waals surface area contributed by atoms with Gasteiger partial charge in [-0.2, -0.15) is 5.26 Å². The van der Waals surface area contributed by atoms with E-state index in [1.54, 1.807) is 6.07 Å². The molecule has 1 atom stereocenters. The highest BCUT2D eigenvalue weighted by Crippen LogP contribution is 2.29. The lowest BCUT2D eigenvalue weighted by molar-refractivity contribution is 0.0935. The number of halogens is 1. The molecule has 0 amide bonds. The standard InChI is InChI=1S/C17H14FN5O/c18-13-3-1-2-12(8-13)15-11-24-7-6-22(15)17-5-4-16-20-10-14(9-19)23(16)21-17/h1-5,8,10,15H,6-7,11H2. The normalized spacial score (nSPS) is 17.8. The first kappa shape index (κ1) is 14.6. The van der Waals surface area contributed by atoms with E-state index in [0.29, 0.717) is 36.9 Å². The maximum atomic E-state index is 13.6. The Hall–Kier alpha value is -2.98. The number of nitriles is 1. The minimum atomic E-state index is -0.275. The Kier molecular flexibility index (Phi) is 3.59. The van der Waals surface area contributed by atoms with E-state index in [-0.39, 0.29) is 11.9 Å². The van der Waals surface area contributed by atoms with E-state index in [1.807, 2.05) is 18.2 Å². The zero-order valence-corrected chi connectivity index (χ0v) is 12.8. The lowest BCUT2D eigenvalue weighted by atomic mass is 10.0. The van der Waals surface area contributed by atoms with Crippen molar-refractivity contribution in [2.24, 2.45) is 0 Å². The summed E-state index contributed by atoms with van der Waals surface area (Å²) in [6.07, 6.45) is 1.50. The summed E-state index contributed by atoms with van der Waals surface area (Å²) in [6.45, 7) is 1.66. The minimum Gasteiger partial charge on any atom is -0.377 e. The molecule has 120 valence electrons. The number of nitrogens with zero attached hydrogens (tertiary/aromatic N) is 5. The van der Waals surface area contributed by atoms with Crippen LogP contribution in [0.15, 0.2) is 42.6 Å². The molecule has 1 aliphatic rings. The fourth-order valence-corrected chi connectivity index (χ4v) is 2.96. The van der Waals surface area contributed by atoms with Crippen LogP contribution in [-0.2, 0) is 4.74 Å². The molecule has 0 bridgehead atoms. The highest BCUT2D eigenvalue weighted by atomic mass is 19.1. The van der Waals surface area contributed by atoms with E-state index in [9.17, 15) is 4.39 Å². The molecule has 0 N–H and O–H groups in total. The first-order chi connectivity index (χ1) is 11.8. The topological polar surface area (TPSA) is 66.5 Å². The van der Waals surface area contributed by atoms with Crippen LogP contribution in [0, 0.1) is 17.1 Å². The summed E-state index contributed by atoms with van der Waals surface area (Å²) in [5.41, 5.74) is 1.83. The van der Waals surface area contributed by atoms with Gasteiger partial charge in [0.05, 0.1) is 25.5 Å². The van der Waals surface area contributed by atoms with Crippen LogP contribution in [0.25, 0.3) is 5.65 Å². The van der Waals surface area contributed by atoms with Crippen LogP contribution >= 0.6 is 0 Å². The molecule has 0 radical (unpaired) electrons. The van der Waals surface area contributed by atoms with Crippen LogP contribution in [0.5, 0.6) is 0 Å². The van der Waals surface area contributed by atoms with Gasteiger partial charge >= 0.3 is 0 Å². The summed E-state index contributed by atoms with van der Waals surface area (Å²) in [5.74, 6) is 0.428. The molecule has 6 nitrogen and oxygen atoms in total. The Morgan fingerprint density at radius 2 is 2.21 bits per heavy atom. The van der Waals surface area contributed by atoms with Crippen LogP contribution < -0.4 is 4.90 Å². The third-order valence-electron chi connectivity index (χ3n) is 4.12. The Morgan fingerprint density at radius 3 is 3.04 bits per heavy atom. The summed E-state index contributed by atoms with van der Waals surface area (Å²) in [4.78, 5) is 6.22. The maximum absolute atomic E-state index is 13.6. The first-order valence-corrected chi connectivity index (χ1v) is 7.61. The van der Waals surface area contributed by atoms with Gasteiger partial charge in [-0.1, -0.05) is 12.1 Å². The second-order valence-electron chi connectivity index (χ2n) is 5.56. The molecule has 0 saturated carbocycles. The molecular weight excluding hydrogens is 309 g/mol. The number of anilines is 1. The van der Waals surface area contributed by atoms with Crippen molar-refractivity contribution < 1.29 is 9.13 Å². The van der Waals surface area contributed by atoms with Gasteiger partial charge in [-0.3, -0.25) is 0 Å². The van der Waals surface area contributed by atoms with E-state index < -0.39 is 0 Å². The predicted octanol–water partition coefficient (Wildman–Crippen LogP) is 2.32. The number of ether oxygens (including phenoxy) is 1. The number of hydrogen-bond acceptors (Lipinski definition) is 5. The van der Waals surface area contributed by atoms with Crippen LogP contribution in [0.4, 0.5) is 10.2 Å². The van der Waals surface area contributed by atoms with Gasteiger partial charge in [-0.25, -0.2) is 13.9 Å². The zero-order valence-electron chi connectivity index (χ0n) is 12.8. The summed E-state index contributed by atoms with van der Waals surface area (Å²) in [6, 6.07) is 12.1. The van der Waals surface area contributed by atoms with Crippen molar-refractivity contribution in [2.75, 3.05) is 24.7 Å². The van der Waals surface area contributed by atoms with Gasteiger partial charge in [-0.15, -0.1) is 5.10 Å². The number of fused-ring (bicyclic) bond motifs is 1. The number of benzene rings is 1. The number of aromatic nitrogens is 3. The molecular formula is C17H14FN5O. The Bertz CT molecular complexity index is 932. The molecule has 0 aliphatic carbocycles. The highest BCUT2D eigenvalue weighted by Gasteiger charge is 2.26. The predicted molar refractivity (Wildman–Crippen MR) is 85.0 cm³/mol. The van der Waals surface area contributed by atoms with Crippen molar-refractivity contribution in [1.82, 2.24) is 14.6 Å². The molecule has 0 spiro atoms. The third kappa shape index (κ3) is 2.47. The van der Waals surface area contributed by atoms with E-state index in [4.69, 9.17) is 10.00 Å². The number of morpholine rings is 1. The summed E-state index contributed by atoms with van der Waals surface area (Å²) in [5, 5.41) is 13.7. The first-order valence-electron chi connectivity index (χ1n) is 7.61. The van der Waals surface area contributed by atoms with Crippen LogP contribution in [0.1, 0.15) is 17.3 Å². The molecule has 1 unspecified atom stereocenters. The number of imidazole rings is 1. The highest BCUT2D eigenvalue weighted by molar-refractivity contribution is 5.50. The Balaban J connectivity index is 1.76. The smallest absolute Gasteiger partial charge is 0.162 e. The van der Waals surface area contributed by atoms with Crippen molar-refractivity contribution in [3.8, 4) is 6.07 Å². The lowest BCUT2D eigenvalue weighted by Crippen LogP contribution is -2.40. The van der Waals surface area contributed by atoms with Gasteiger partial charge in [0.25, 0.3) is 0 Å². The van der Waals surface area contributed by atoms with Crippen LogP contribution in [0.3, 0.4) is 0 Å². The molecule has 2 aromatic heterocycles. The van der Waals surface area contributed by atoms with E-state index in [2.05, 4.69) is 21.1 Å². The van der Waals surface area contributed by atoms with E-state index in [0.717, 1.165) is 5.56 Å². The van der Waals surface area contributed by atoms with Crippen molar-refractivity contribution in [3.05, 3.63) is 59.7 Å². The van der Waals surface area contributed by atoms with Crippen molar-refractivity contribution in [1.29, 1.82) is 5.26 Å². The van der Waals surface area contributed by atoms with Crippen LogP contribution in [-0.4, -0.2) is 34.4 Å². The fraction of sp³-hybridized carbons (Fsp3) is 0.235. The quantitative estimate of drug-likeness (QED) is 0.724. The monoisotopic (exact) mass is 323 g/mol. The molecule has 1 aliphatic heterocycles. The van der Waals surface area contributed by atoms with Gasteiger partial charge in [0.2, 0.25) is 0 Å². The minimum absolute atomic E-state index is 0.131. The van der Waals surface area contributed by atoms with Crippen LogP contribution in [0.2, 0.25) is 0 Å². The number of rotatable bonds is 2. The summed E-state index contributed by atoms with van der Waals surface area (Å²) < 4.78 is 20.7.